The van der Waals surface area contributed by atoms with Gasteiger partial charge in [-0.05, 0) is 43.2 Å². The molecule has 1 aliphatic heterocycles. The lowest BCUT2D eigenvalue weighted by atomic mass is 10.0. The standard InChI is InChI=1S/C22H25BrN4O4/c1-14-3-9-17(10-4-14)24-20(28)12-27(2)21(29)13-31-22(30)19-11-18(25-26-19)15-5-7-16(23)8-6-15/h3-10,18-19,25-26H,11-13H2,1-2H3,(H,24,28). The Balaban J connectivity index is 1.41. The Morgan fingerprint density at radius 1 is 1.10 bits per heavy atom. The van der Waals surface area contributed by atoms with Crippen LogP contribution in [0.25, 0.3) is 0 Å². The molecule has 0 aliphatic carbocycles. The normalized spacial score (nSPS) is 17.8. The molecule has 1 heterocycles. The molecular formula is C22H25BrN4O4. The van der Waals surface area contributed by atoms with Gasteiger partial charge >= 0.3 is 5.97 Å². The first-order chi connectivity index (χ1) is 14.8. The monoisotopic (exact) mass is 488 g/mol. The van der Waals surface area contributed by atoms with Gasteiger partial charge in [-0.25, -0.2) is 10.9 Å². The molecule has 164 valence electrons. The van der Waals surface area contributed by atoms with Gasteiger partial charge < -0.3 is 15.0 Å². The Bertz CT molecular complexity index is 934. The van der Waals surface area contributed by atoms with Gasteiger partial charge in [0.15, 0.2) is 6.61 Å². The van der Waals surface area contributed by atoms with E-state index in [1.807, 2.05) is 43.3 Å². The lowest BCUT2D eigenvalue weighted by Gasteiger charge is -2.17. The molecule has 3 rings (SSSR count). The van der Waals surface area contributed by atoms with Crippen molar-refractivity contribution in [1.82, 2.24) is 15.8 Å². The Morgan fingerprint density at radius 3 is 2.45 bits per heavy atom. The average Bonchev–Trinajstić information content (AvgIpc) is 3.24. The maximum atomic E-state index is 12.3. The van der Waals surface area contributed by atoms with E-state index in [4.69, 9.17) is 4.74 Å². The largest absolute Gasteiger partial charge is 0.454 e. The second kappa shape index (κ2) is 10.5. The lowest BCUT2D eigenvalue weighted by molar-refractivity contribution is -0.153. The number of anilines is 1. The van der Waals surface area contributed by atoms with Crippen LogP contribution in [0.15, 0.2) is 53.0 Å². The fraction of sp³-hybridized carbons (Fsp3) is 0.318. The summed E-state index contributed by atoms with van der Waals surface area (Å²) in [4.78, 5) is 37.9. The van der Waals surface area contributed by atoms with Gasteiger partial charge in [-0.3, -0.25) is 14.4 Å². The van der Waals surface area contributed by atoms with E-state index in [1.165, 1.54) is 11.9 Å². The van der Waals surface area contributed by atoms with E-state index < -0.39 is 24.5 Å². The topological polar surface area (TPSA) is 99.8 Å². The van der Waals surface area contributed by atoms with E-state index in [0.717, 1.165) is 15.6 Å². The van der Waals surface area contributed by atoms with Crippen LogP contribution in [-0.4, -0.2) is 48.9 Å². The summed E-state index contributed by atoms with van der Waals surface area (Å²) in [5.41, 5.74) is 8.77. The number of halogens is 1. The third-order valence-corrected chi connectivity index (χ3v) is 5.47. The number of hydrazine groups is 1. The molecule has 2 atom stereocenters. The lowest BCUT2D eigenvalue weighted by Crippen LogP contribution is -2.41. The molecule has 0 radical (unpaired) electrons. The first-order valence-electron chi connectivity index (χ1n) is 9.85. The van der Waals surface area contributed by atoms with Crippen molar-refractivity contribution in [2.24, 2.45) is 0 Å². The van der Waals surface area contributed by atoms with Crippen molar-refractivity contribution in [3.05, 3.63) is 64.1 Å². The summed E-state index contributed by atoms with van der Waals surface area (Å²) in [7, 11) is 1.49. The van der Waals surface area contributed by atoms with Gasteiger partial charge in [-0.2, -0.15) is 0 Å². The van der Waals surface area contributed by atoms with Crippen molar-refractivity contribution in [1.29, 1.82) is 0 Å². The van der Waals surface area contributed by atoms with Crippen molar-refractivity contribution in [3.63, 3.8) is 0 Å². The summed E-state index contributed by atoms with van der Waals surface area (Å²) in [6, 6.07) is 14.6. The number of esters is 1. The summed E-state index contributed by atoms with van der Waals surface area (Å²) in [6.07, 6.45) is 0.503. The average molecular weight is 489 g/mol. The van der Waals surface area contributed by atoms with Gasteiger partial charge in [0, 0.05) is 23.2 Å². The quantitative estimate of drug-likeness (QED) is 0.517. The Hall–Kier alpha value is -2.75. The summed E-state index contributed by atoms with van der Waals surface area (Å²) < 4.78 is 6.13. The van der Waals surface area contributed by atoms with E-state index in [1.54, 1.807) is 12.1 Å². The second-order valence-corrected chi connectivity index (χ2v) is 8.37. The second-order valence-electron chi connectivity index (χ2n) is 7.45. The minimum Gasteiger partial charge on any atom is -0.454 e. The van der Waals surface area contributed by atoms with Crippen LogP contribution in [0, 0.1) is 6.92 Å². The maximum absolute atomic E-state index is 12.3. The highest BCUT2D eigenvalue weighted by atomic mass is 79.9. The molecule has 0 spiro atoms. The predicted molar refractivity (Wildman–Crippen MR) is 120 cm³/mol. The first kappa shape index (κ1) is 22.9. The number of benzene rings is 2. The molecule has 0 aromatic heterocycles. The highest BCUT2D eigenvalue weighted by molar-refractivity contribution is 9.10. The van der Waals surface area contributed by atoms with Gasteiger partial charge in [0.05, 0.1) is 6.54 Å². The number of carbonyl (C=O) groups excluding carboxylic acids is 3. The molecule has 1 aliphatic rings. The molecule has 3 N–H and O–H groups in total. The van der Waals surface area contributed by atoms with Crippen LogP contribution < -0.4 is 16.2 Å². The van der Waals surface area contributed by atoms with Crippen molar-refractivity contribution in [2.45, 2.75) is 25.4 Å². The molecule has 1 fully saturated rings. The number of hydrogen-bond donors (Lipinski definition) is 3. The Labute approximate surface area is 189 Å². The number of nitrogens with one attached hydrogen (secondary N) is 3. The number of amides is 2. The third kappa shape index (κ3) is 6.61. The zero-order valence-electron chi connectivity index (χ0n) is 17.4. The highest BCUT2D eigenvalue weighted by Gasteiger charge is 2.31. The van der Waals surface area contributed by atoms with Crippen LogP contribution in [0.4, 0.5) is 5.69 Å². The molecule has 2 amide bonds. The van der Waals surface area contributed by atoms with Crippen LogP contribution in [0.5, 0.6) is 0 Å². The smallest absolute Gasteiger partial charge is 0.325 e. The van der Waals surface area contributed by atoms with Crippen LogP contribution in [-0.2, 0) is 19.1 Å². The number of carbonyl (C=O) groups is 3. The van der Waals surface area contributed by atoms with Crippen LogP contribution in [0.2, 0.25) is 0 Å². The minimum absolute atomic E-state index is 0.0329. The van der Waals surface area contributed by atoms with Crippen molar-refractivity contribution in [2.75, 3.05) is 25.5 Å². The summed E-state index contributed by atoms with van der Waals surface area (Å²) in [6.45, 7) is 1.39. The van der Waals surface area contributed by atoms with Gasteiger partial charge in [0.25, 0.3) is 5.91 Å². The molecule has 31 heavy (non-hydrogen) atoms. The zero-order valence-corrected chi connectivity index (χ0v) is 18.9. The number of ether oxygens (including phenoxy) is 1. The summed E-state index contributed by atoms with van der Waals surface area (Å²) >= 11 is 3.40. The van der Waals surface area contributed by atoms with Crippen LogP contribution in [0.3, 0.4) is 0 Å². The number of rotatable bonds is 7. The molecule has 0 bridgehead atoms. The number of nitrogens with zero attached hydrogens (tertiary/aromatic N) is 1. The van der Waals surface area contributed by atoms with Gasteiger partial charge in [-0.1, -0.05) is 45.8 Å². The van der Waals surface area contributed by atoms with Gasteiger partial charge in [0.2, 0.25) is 5.91 Å². The fourth-order valence-electron chi connectivity index (χ4n) is 3.11. The predicted octanol–water partition coefficient (Wildman–Crippen LogP) is 2.31. The van der Waals surface area contributed by atoms with Crippen LogP contribution >= 0.6 is 15.9 Å². The molecule has 8 nitrogen and oxygen atoms in total. The minimum atomic E-state index is -0.559. The van der Waals surface area contributed by atoms with E-state index in [9.17, 15) is 14.4 Å². The maximum Gasteiger partial charge on any atom is 0.325 e. The van der Waals surface area contributed by atoms with E-state index >= 15 is 0 Å². The van der Waals surface area contributed by atoms with E-state index in [-0.39, 0.29) is 18.5 Å². The molecule has 2 aromatic rings. The van der Waals surface area contributed by atoms with Crippen LogP contribution in [0.1, 0.15) is 23.6 Å². The Kier molecular flexibility index (Phi) is 7.78. The van der Waals surface area contributed by atoms with E-state index in [2.05, 4.69) is 32.1 Å². The molecule has 9 heteroatoms. The fourth-order valence-corrected chi connectivity index (χ4v) is 3.37. The molecule has 1 saturated heterocycles. The van der Waals surface area contributed by atoms with Crippen molar-refractivity contribution in [3.8, 4) is 0 Å². The third-order valence-electron chi connectivity index (χ3n) is 4.94. The summed E-state index contributed by atoms with van der Waals surface area (Å²) in [5.74, 6) is -1.30. The SMILES string of the molecule is Cc1ccc(NC(=O)CN(C)C(=O)COC(=O)C2CC(c3ccc(Br)cc3)NN2)cc1. The van der Waals surface area contributed by atoms with Gasteiger partial charge in [0.1, 0.15) is 6.04 Å². The molecule has 0 saturated carbocycles. The molecule has 2 aromatic carbocycles. The molecular weight excluding hydrogens is 464 g/mol. The Morgan fingerprint density at radius 2 is 1.77 bits per heavy atom. The number of likely N-dealkylation sites (N-methyl/N-ethyl adjacent to an activating group) is 1. The van der Waals surface area contributed by atoms with Crippen molar-refractivity contribution >= 4 is 39.4 Å². The van der Waals surface area contributed by atoms with Gasteiger partial charge in [-0.15, -0.1) is 0 Å². The number of aryl methyl sites for hydroxylation is 1. The molecule has 2 unspecified atom stereocenters. The summed E-state index contributed by atoms with van der Waals surface area (Å²) in [5, 5.41) is 2.73. The van der Waals surface area contributed by atoms with E-state index in [0.29, 0.717) is 12.1 Å². The zero-order chi connectivity index (χ0) is 22.4. The first-order valence-corrected chi connectivity index (χ1v) is 10.6. The highest BCUT2D eigenvalue weighted by Crippen LogP contribution is 2.24. The number of hydrogen-bond acceptors (Lipinski definition) is 6. The van der Waals surface area contributed by atoms with Crippen molar-refractivity contribution < 1.29 is 19.1 Å².